The number of hydrogen-bond donors (Lipinski definition) is 2. The molecule has 2 N–H and O–H groups in total. The SMILES string of the molecule is CCCCCCCCN1N=C(C)C(C2C(=O)C(c3c(C)[nH]n(CCCCCCCC)c3=O)=C2O)C1=O. The van der Waals surface area contributed by atoms with E-state index in [9.17, 15) is 19.5 Å². The number of ketones is 1. The van der Waals surface area contributed by atoms with E-state index in [4.69, 9.17) is 0 Å². The molecule has 0 bridgehead atoms. The third kappa shape index (κ3) is 6.01. The number of hydrogen-bond acceptors (Lipinski definition) is 5. The van der Waals surface area contributed by atoms with Gasteiger partial charge in [0.2, 0.25) is 0 Å². The quantitative estimate of drug-likeness (QED) is 0.292. The van der Waals surface area contributed by atoms with Crippen LogP contribution in [0.3, 0.4) is 0 Å². The van der Waals surface area contributed by atoms with Gasteiger partial charge in [-0.3, -0.25) is 24.2 Å². The summed E-state index contributed by atoms with van der Waals surface area (Å²) in [7, 11) is 0. The highest BCUT2D eigenvalue weighted by molar-refractivity contribution is 6.32. The Bertz CT molecular complexity index is 1050. The second-order valence-corrected chi connectivity index (χ2v) is 10.4. The highest BCUT2D eigenvalue weighted by atomic mass is 16.3. The van der Waals surface area contributed by atoms with Crippen LogP contribution in [0.5, 0.6) is 0 Å². The molecule has 2 heterocycles. The smallest absolute Gasteiger partial charge is 0.274 e. The van der Waals surface area contributed by atoms with Crippen LogP contribution < -0.4 is 5.56 Å². The van der Waals surface area contributed by atoms with Gasteiger partial charge in [-0.2, -0.15) is 5.10 Å². The zero-order chi connectivity index (χ0) is 26.2. The van der Waals surface area contributed by atoms with Crippen LogP contribution in [0.4, 0.5) is 0 Å². The van der Waals surface area contributed by atoms with Crippen molar-refractivity contribution in [3.63, 3.8) is 0 Å². The summed E-state index contributed by atoms with van der Waals surface area (Å²) in [6.45, 7) is 8.92. The number of aromatic amines is 1. The molecule has 0 saturated heterocycles. The first-order valence-corrected chi connectivity index (χ1v) is 14.0. The van der Waals surface area contributed by atoms with Crippen molar-refractivity contribution in [1.82, 2.24) is 14.8 Å². The molecule has 3 rings (SSSR count). The minimum atomic E-state index is -0.952. The second kappa shape index (κ2) is 13.1. The third-order valence-electron chi connectivity index (χ3n) is 7.51. The first-order valence-electron chi connectivity index (χ1n) is 14.0. The summed E-state index contributed by atoms with van der Waals surface area (Å²) in [4.78, 5) is 39.3. The van der Waals surface area contributed by atoms with Crippen molar-refractivity contribution < 1.29 is 14.7 Å². The maximum Gasteiger partial charge on any atom is 0.274 e. The van der Waals surface area contributed by atoms with Crippen molar-refractivity contribution in [3.05, 3.63) is 27.4 Å². The number of allylic oxidation sites excluding steroid dienone is 2. The van der Waals surface area contributed by atoms with E-state index in [1.165, 1.54) is 48.2 Å². The molecule has 200 valence electrons. The van der Waals surface area contributed by atoms with Crippen molar-refractivity contribution in [1.29, 1.82) is 0 Å². The van der Waals surface area contributed by atoms with Crippen molar-refractivity contribution in [3.8, 4) is 0 Å². The third-order valence-corrected chi connectivity index (χ3v) is 7.51. The van der Waals surface area contributed by atoms with Crippen molar-refractivity contribution >= 4 is 23.0 Å². The van der Waals surface area contributed by atoms with Gasteiger partial charge < -0.3 is 5.11 Å². The molecule has 0 spiro atoms. The van der Waals surface area contributed by atoms with E-state index in [1.807, 2.05) is 0 Å². The van der Waals surface area contributed by atoms with E-state index in [0.29, 0.717) is 24.5 Å². The Balaban J connectivity index is 1.63. The van der Waals surface area contributed by atoms with Crippen LogP contribution in [-0.4, -0.2) is 43.8 Å². The van der Waals surface area contributed by atoms with Crippen molar-refractivity contribution in [2.45, 2.75) is 111 Å². The Morgan fingerprint density at radius 1 is 0.806 bits per heavy atom. The van der Waals surface area contributed by atoms with Gasteiger partial charge in [0.15, 0.2) is 5.78 Å². The standard InChI is InChI=1S/C28H44N4O4/c1-5-7-9-11-13-15-17-31-27(35)21(19(3)29-31)23-25(33)24(26(23)34)22-20(4)30-32(28(22)36)18-16-14-12-10-8-6-2/h21,23,30,33H,5-18H2,1-4H3. The Labute approximate surface area is 214 Å². The molecule has 1 aromatic rings. The molecule has 2 unspecified atom stereocenters. The minimum Gasteiger partial charge on any atom is -0.511 e. The van der Waals surface area contributed by atoms with Gasteiger partial charge >= 0.3 is 0 Å². The molecule has 36 heavy (non-hydrogen) atoms. The summed E-state index contributed by atoms with van der Waals surface area (Å²) in [6.07, 6.45) is 13.4. The lowest BCUT2D eigenvalue weighted by Crippen LogP contribution is -2.44. The van der Waals surface area contributed by atoms with Gasteiger partial charge in [-0.1, -0.05) is 78.1 Å². The first kappa shape index (κ1) is 27.9. The van der Waals surface area contributed by atoms with E-state index in [-0.39, 0.29) is 34.1 Å². The molecule has 0 fully saturated rings. The van der Waals surface area contributed by atoms with Crippen LogP contribution in [0, 0.1) is 18.8 Å². The van der Waals surface area contributed by atoms with E-state index in [1.54, 1.807) is 13.8 Å². The summed E-state index contributed by atoms with van der Waals surface area (Å²) in [6, 6.07) is 0. The summed E-state index contributed by atoms with van der Waals surface area (Å²) < 4.78 is 1.53. The molecule has 2 aliphatic rings. The number of aliphatic hydroxyl groups excluding tert-OH is 1. The van der Waals surface area contributed by atoms with Gasteiger partial charge in [-0.15, -0.1) is 0 Å². The van der Waals surface area contributed by atoms with E-state index in [0.717, 1.165) is 38.5 Å². The molecular weight excluding hydrogens is 456 g/mol. The number of aliphatic hydroxyl groups is 1. The topological polar surface area (TPSA) is 108 Å². The number of unbranched alkanes of at least 4 members (excludes halogenated alkanes) is 10. The number of carbonyl (C=O) groups excluding carboxylic acids is 2. The lowest BCUT2D eigenvalue weighted by Gasteiger charge is -2.31. The number of rotatable bonds is 16. The fraction of sp³-hybridized carbons (Fsp3) is 0.714. The number of H-pyrrole nitrogens is 1. The number of hydrazone groups is 1. The maximum absolute atomic E-state index is 13.2. The van der Waals surface area contributed by atoms with Crippen LogP contribution in [-0.2, 0) is 16.1 Å². The van der Waals surface area contributed by atoms with Gasteiger partial charge in [-0.25, -0.2) is 5.01 Å². The fourth-order valence-electron chi connectivity index (χ4n) is 5.38. The summed E-state index contributed by atoms with van der Waals surface area (Å²) >= 11 is 0. The normalized spacial score (nSPS) is 19.9. The van der Waals surface area contributed by atoms with Crippen molar-refractivity contribution in [2.24, 2.45) is 16.9 Å². The zero-order valence-corrected chi connectivity index (χ0v) is 22.6. The van der Waals surface area contributed by atoms with E-state index in [2.05, 4.69) is 24.0 Å². The summed E-state index contributed by atoms with van der Waals surface area (Å²) in [5.41, 5.74) is 1.09. The van der Waals surface area contributed by atoms with Crippen molar-refractivity contribution in [2.75, 3.05) is 6.54 Å². The van der Waals surface area contributed by atoms with Crippen LogP contribution in [0.2, 0.25) is 0 Å². The number of aromatic nitrogens is 2. The average molecular weight is 501 g/mol. The molecule has 2 atom stereocenters. The lowest BCUT2D eigenvalue weighted by molar-refractivity contribution is -0.136. The summed E-state index contributed by atoms with van der Waals surface area (Å²) in [5.74, 6) is -2.50. The van der Waals surface area contributed by atoms with Gasteiger partial charge in [0, 0.05) is 24.5 Å². The molecule has 0 radical (unpaired) electrons. The molecule has 1 amide bonds. The molecule has 0 saturated carbocycles. The fourth-order valence-corrected chi connectivity index (χ4v) is 5.38. The number of nitrogens with zero attached hydrogens (tertiary/aromatic N) is 3. The first-order chi connectivity index (χ1) is 17.3. The van der Waals surface area contributed by atoms with Crippen LogP contribution in [0.25, 0.3) is 5.57 Å². The number of aryl methyl sites for hydroxylation is 2. The number of amides is 1. The maximum atomic E-state index is 13.2. The monoisotopic (exact) mass is 500 g/mol. The molecule has 1 aromatic heterocycles. The Hall–Kier alpha value is -2.64. The molecule has 1 aliphatic carbocycles. The Kier molecular flexibility index (Phi) is 10.1. The van der Waals surface area contributed by atoms with Gasteiger partial charge in [0.25, 0.3) is 11.5 Å². The van der Waals surface area contributed by atoms with Gasteiger partial charge in [-0.05, 0) is 26.7 Å². The van der Waals surface area contributed by atoms with Crippen LogP contribution >= 0.6 is 0 Å². The molecule has 8 heteroatoms. The minimum absolute atomic E-state index is 0.0513. The lowest BCUT2D eigenvalue weighted by atomic mass is 9.70. The largest absolute Gasteiger partial charge is 0.511 e. The summed E-state index contributed by atoms with van der Waals surface area (Å²) in [5, 5.41) is 19.8. The Morgan fingerprint density at radius 2 is 1.36 bits per heavy atom. The number of carbonyl (C=O) groups is 2. The number of nitrogens with one attached hydrogen (secondary N) is 1. The highest BCUT2D eigenvalue weighted by Gasteiger charge is 2.52. The Morgan fingerprint density at radius 3 is 1.94 bits per heavy atom. The number of Topliss-reactive ketones (excluding diaryl/α,β-unsaturated/α-hetero) is 1. The van der Waals surface area contributed by atoms with E-state index < -0.39 is 11.8 Å². The molecule has 1 aliphatic heterocycles. The second-order valence-electron chi connectivity index (χ2n) is 10.4. The van der Waals surface area contributed by atoms with Crippen LogP contribution in [0.15, 0.2) is 15.7 Å². The molecule has 0 aromatic carbocycles. The predicted molar refractivity (Wildman–Crippen MR) is 143 cm³/mol. The predicted octanol–water partition coefficient (Wildman–Crippen LogP) is 5.51. The highest BCUT2D eigenvalue weighted by Crippen LogP contribution is 2.43. The zero-order valence-electron chi connectivity index (χ0n) is 22.6. The van der Waals surface area contributed by atoms with Gasteiger partial charge in [0.05, 0.1) is 23.0 Å². The van der Waals surface area contributed by atoms with Crippen LogP contribution in [0.1, 0.15) is 109 Å². The van der Waals surface area contributed by atoms with E-state index >= 15 is 0 Å². The molecular formula is C28H44N4O4. The molecule has 8 nitrogen and oxygen atoms in total. The average Bonchev–Trinajstić information content (AvgIpc) is 3.28. The van der Waals surface area contributed by atoms with Gasteiger partial charge in [0.1, 0.15) is 5.76 Å².